The van der Waals surface area contributed by atoms with Crippen molar-refractivity contribution in [1.29, 1.82) is 0 Å². The molecule has 0 bridgehead atoms. The third kappa shape index (κ3) is 3.62. The monoisotopic (exact) mass is 242 g/mol. The molecule has 2 aromatic heterocycles. The number of hydrogen-bond acceptors (Lipinski definition) is 4. The fourth-order valence-corrected chi connectivity index (χ4v) is 1.55. The maximum Gasteiger partial charge on any atom is 0.271 e. The Bertz CT molecular complexity index is 487. The summed E-state index contributed by atoms with van der Waals surface area (Å²) in [5, 5.41) is 2.81. The van der Waals surface area contributed by atoms with E-state index in [2.05, 4.69) is 20.3 Å². The zero-order valence-corrected chi connectivity index (χ0v) is 9.91. The van der Waals surface area contributed by atoms with Gasteiger partial charge in [0.2, 0.25) is 0 Å². The Morgan fingerprint density at radius 1 is 1.17 bits per heavy atom. The van der Waals surface area contributed by atoms with Gasteiger partial charge in [-0.1, -0.05) is 6.07 Å². The molecule has 92 valence electrons. The zero-order valence-electron chi connectivity index (χ0n) is 9.91. The number of amides is 1. The van der Waals surface area contributed by atoms with E-state index in [1.54, 1.807) is 12.4 Å². The molecular weight excluding hydrogens is 228 g/mol. The van der Waals surface area contributed by atoms with E-state index in [4.69, 9.17) is 0 Å². The van der Waals surface area contributed by atoms with Gasteiger partial charge in [-0.3, -0.25) is 14.8 Å². The quantitative estimate of drug-likeness (QED) is 0.801. The van der Waals surface area contributed by atoms with Gasteiger partial charge < -0.3 is 5.32 Å². The van der Waals surface area contributed by atoms with Crippen molar-refractivity contribution >= 4 is 5.91 Å². The SMILES string of the molecule is O=C(NCCCc1cccnc1)c1cnccn1. The molecule has 1 amide bonds. The van der Waals surface area contributed by atoms with Crippen LogP contribution in [0.1, 0.15) is 22.5 Å². The Balaban J connectivity index is 1.72. The fourth-order valence-electron chi connectivity index (χ4n) is 1.55. The van der Waals surface area contributed by atoms with Gasteiger partial charge >= 0.3 is 0 Å². The molecule has 5 heteroatoms. The molecule has 0 spiro atoms. The van der Waals surface area contributed by atoms with E-state index >= 15 is 0 Å². The summed E-state index contributed by atoms with van der Waals surface area (Å²) in [4.78, 5) is 23.5. The summed E-state index contributed by atoms with van der Waals surface area (Å²) in [6.07, 6.45) is 9.86. The van der Waals surface area contributed by atoms with E-state index < -0.39 is 0 Å². The first-order valence-corrected chi connectivity index (χ1v) is 5.79. The van der Waals surface area contributed by atoms with Crippen LogP contribution in [0.3, 0.4) is 0 Å². The molecule has 0 saturated heterocycles. The molecule has 0 radical (unpaired) electrons. The minimum absolute atomic E-state index is 0.186. The maximum absolute atomic E-state index is 11.6. The Morgan fingerprint density at radius 3 is 2.78 bits per heavy atom. The van der Waals surface area contributed by atoms with E-state index in [1.807, 2.05) is 18.3 Å². The van der Waals surface area contributed by atoms with Crippen LogP contribution in [0.5, 0.6) is 0 Å². The van der Waals surface area contributed by atoms with Crippen LogP contribution in [0.15, 0.2) is 43.1 Å². The van der Waals surface area contributed by atoms with Crippen molar-refractivity contribution in [1.82, 2.24) is 20.3 Å². The fraction of sp³-hybridized carbons (Fsp3) is 0.231. The first-order chi connectivity index (χ1) is 8.86. The highest BCUT2D eigenvalue weighted by molar-refractivity contribution is 5.91. The normalized spacial score (nSPS) is 10.0. The summed E-state index contributed by atoms with van der Waals surface area (Å²) >= 11 is 0. The van der Waals surface area contributed by atoms with Gasteiger partial charge in [-0.15, -0.1) is 0 Å². The topological polar surface area (TPSA) is 67.8 Å². The molecule has 2 aromatic rings. The van der Waals surface area contributed by atoms with E-state index in [0.717, 1.165) is 12.8 Å². The highest BCUT2D eigenvalue weighted by atomic mass is 16.1. The Labute approximate surface area is 105 Å². The molecule has 2 rings (SSSR count). The number of nitrogens with one attached hydrogen (secondary N) is 1. The molecule has 5 nitrogen and oxygen atoms in total. The second kappa shape index (κ2) is 6.44. The van der Waals surface area contributed by atoms with Crippen molar-refractivity contribution in [2.24, 2.45) is 0 Å². The highest BCUT2D eigenvalue weighted by Crippen LogP contribution is 1.99. The second-order valence-corrected chi connectivity index (χ2v) is 3.81. The van der Waals surface area contributed by atoms with Crippen molar-refractivity contribution in [3.05, 3.63) is 54.4 Å². The molecule has 0 aliphatic rings. The van der Waals surface area contributed by atoms with Crippen molar-refractivity contribution in [2.45, 2.75) is 12.8 Å². The summed E-state index contributed by atoms with van der Waals surface area (Å²) in [6, 6.07) is 3.94. The molecular formula is C13H14N4O. The van der Waals surface area contributed by atoms with E-state index in [9.17, 15) is 4.79 Å². The molecule has 0 aliphatic heterocycles. The Morgan fingerprint density at radius 2 is 2.06 bits per heavy atom. The summed E-state index contributed by atoms with van der Waals surface area (Å²) in [5.74, 6) is -0.186. The van der Waals surface area contributed by atoms with Crippen molar-refractivity contribution in [2.75, 3.05) is 6.54 Å². The van der Waals surface area contributed by atoms with Crippen LogP contribution in [0.25, 0.3) is 0 Å². The van der Waals surface area contributed by atoms with Gasteiger partial charge in [-0.05, 0) is 24.5 Å². The van der Waals surface area contributed by atoms with Crippen molar-refractivity contribution in [3.63, 3.8) is 0 Å². The minimum Gasteiger partial charge on any atom is -0.351 e. The molecule has 0 aliphatic carbocycles. The number of rotatable bonds is 5. The van der Waals surface area contributed by atoms with Gasteiger partial charge in [-0.25, -0.2) is 4.98 Å². The van der Waals surface area contributed by atoms with Gasteiger partial charge in [0.15, 0.2) is 0 Å². The van der Waals surface area contributed by atoms with Crippen LogP contribution >= 0.6 is 0 Å². The van der Waals surface area contributed by atoms with Gasteiger partial charge in [0.05, 0.1) is 6.20 Å². The molecule has 0 aromatic carbocycles. The standard InChI is InChI=1S/C13H14N4O/c18-13(12-10-15-7-8-16-12)17-6-2-4-11-3-1-5-14-9-11/h1,3,5,7-10H,2,4,6H2,(H,17,18). The largest absolute Gasteiger partial charge is 0.351 e. The van der Waals surface area contributed by atoms with Crippen LogP contribution in [-0.2, 0) is 6.42 Å². The summed E-state index contributed by atoms with van der Waals surface area (Å²) in [5.41, 5.74) is 1.52. The van der Waals surface area contributed by atoms with Gasteiger partial charge in [-0.2, -0.15) is 0 Å². The highest BCUT2D eigenvalue weighted by Gasteiger charge is 2.05. The summed E-state index contributed by atoms with van der Waals surface area (Å²) < 4.78 is 0. The lowest BCUT2D eigenvalue weighted by molar-refractivity contribution is 0.0948. The Hall–Kier alpha value is -2.30. The van der Waals surface area contributed by atoms with Crippen molar-refractivity contribution in [3.8, 4) is 0 Å². The number of carbonyl (C=O) groups is 1. The average molecular weight is 242 g/mol. The third-order valence-electron chi connectivity index (χ3n) is 2.45. The summed E-state index contributed by atoms with van der Waals surface area (Å²) in [6.45, 7) is 0.615. The van der Waals surface area contributed by atoms with E-state index in [1.165, 1.54) is 18.0 Å². The number of aryl methyl sites for hydroxylation is 1. The molecule has 1 N–H and O–H groups in total. The molecule has 2 heterocycles. The molecule has 0 atom stereocenters. The Kier molecular flexibility index (Phi) is 4.35. The van der Waals surface area contributed by atoms with Crippen LogP contribution < -0.4 is 5.32 Å². The third-order valence-corrected chi connectivity index (χ3v) is 2.45. The average Bonchev–Trinajstić information content (AvgIpc) is 2.45. The number of hydrogen-bond donors (Lipinski definition) is 1. The number of pyridine rings is 1. The first kappa shape index (κ1) is 12.2. The molecule has 18 heavy (non-hydrogen) atoms. The molecule has 0 saturated carbocycles. The lowest BCUT2D eigenvalue weighted by Gasteiger charge is -2.04. The number of carbonyl (C=O) groups excluding carboxylic acids is 1. The lowest BCUT2D eigenvalue weighted by atomic mass is 10.1. The predicted octanol–water partition coefficient (Wildman–Crippen LogP) is 1.23. The smallest absolute Gasteiger partial charge is 0.271 e. The number of nitrogens with zero attached hydrogens (tertiary/aromatic N) is 3. The zero-order chi connectivity index (χ0) is 12.6. The first-order valence-electron chi connectivity index (χ1n) is 5.79. The number of aromatic nitrogens is 3. The predicted molar refractivity (Wildman–Crippen MR) is 66.9 cm³/mol. The van der Waals surface area contributed by atoms with E-state index in [-0.39, 0.29) is 5.91 Å². The van der Waals surface area contributed by atoms with Gasteiger partial charge in [0.25, 0.3) is 5.91 Å². The molecule has 0 unspecified atom stereocenters. The lowest BCUT2D eigenvalue weighted by Crippen LogP contribution is -2.25. The van der Waals surface area contributed by atoms with Gasteiger partial charge in [0.1, 0.15) is 5.69 Å². The van der Waals surface area contributed by atoms with Crippen LogP contribution in [0.2, 0.25) is 0 Å². The summed E-state index contributed by atoms with van der Waals surface area (Å²) in [7, 11) is 0. The molecule has 0 fully saturated rings. The van der Waals surface area contributed by atoms with E-state index in [0.29, 0.717) is 12.2 Å². The maximum atomic E-state index is 11.6. The van der Waals surface area contributed by atoms with Gasteiger partial charge in [0, 0.05) is 31.3 Å². The van der Waals surface area contributed by atoms with Crippen LogP contribution in [0, 0.1) is 0 Å². The minimum atomic E-state index is -0.186. The second-order valence-electron chi connectivity index (χ2n) is 3.81. The van der Waals surface area contributed by atoms with Crippen LogP contribution in [0.4, 0.5) is 0 Å². The van der Waals surface area contributed by atoms with Crippen molar-refractivity contribution < 1.29 is 4.79 Å². The van der Waals surface area contributed by atoms with Crippen LogP contribution in [-0.4, -0.2) is 27.4 Å².